The second-order valence-corrected chi connectivity index (χ2v) is 8.23. The number of rotatable bonds is 5. The number of hydroxylamine groups is 2. The van der Waals surface area contributed by atoms with Crippen LogP contribution in [0, 0.1) is 0 Å². The fourth-order valence-corrected chi connectivity index (χ4v) is 4.51. The minimum Gasteiger partial charge on any atom is -0.497 e. The van der Waals surface area contributed by atoms with Crippen LogP contribution in [0.5, 0.6) is 5.75 Å². The van der Waals surface area contributed by atoms with Gasteiger partial charge in [0.2, 0.25) is 5.95 Å². The van der Waals surface area contributed by atoms with Crippen molar-refractivity contribution >= 4 is 51.6 Å². The molecule has 0 aliphatic carbocycles. The van der Waals surface area contributed by atoms with Crippen LogP contribution in [-0.2, 0) is 4.84 Å². The SMILES string of the molecule is COc1ccc(NC(=O)N2CCN(c3nc(N)nc4csc(C(=O)N(C)OC)c34)CC2)cc1. The average molecular weight is 472 g/mol. The number of nitrogens with one attached hydrogen (secondary N) is 1. The number of aromatic nitrogens is 2. The molecule has 3 amide bonds. The number of amides is 3. The van der Waals surface area contributed by atoms with Crippen molar-refractivity contribution in [1.82, 2.24) is 19.9 Å². The number of ether oxygens (including phenoxy) is 1. The van der Waals surface area contributed by atoms with E-state index in [1.165, 1.54) is 18.4 Å². The van der Waals surface area contributed by atoms with Crippen molar-refractivity contribution < 1.29 is 19.2 Å². The number of fused-ring (bicyclic) bond motifs is 1. The van der Waals surface area contributed by atoms with Crippen LogP contribution in [0.4, 0.5) is 22.2 Å². The first kappa shape index (κ1) is 22.6. The maximum Gasteiger partial charge on any atom is 0.321 e. The van der Waals surface area contributed by atoms with Crippen molar-refractivity contribution in [1.29, 1.82) is 0 Å². The lowest BCUT2D eigenvalue weighted by atomic mass is 10.2. The second kappa shape index (κ2) is 9.46. The number of benzene rings is 1. The van der Waals surface area contributed by atoms with Gasteiger partial charge in [-0.05, 0) is 24.3 Å². The summed E-state index contributed by atoms with van der Waals surface area (Å²) in [5, 5.41) is 6.48. The summed E-state index contributed by atoms with van der Waals surface area (Å²) in [6.45, 7) is 2.04. The normalized spacial score (nSPS) is 13.8. The number of urea groups is 1. The van der Waals surface area contributed by atoms with Crippen LogP contribution < -0.4 is 20.7 Å². The molecule has 3 N–H and O–H groups in total. The van der Waals surface area contributed by atoms with Gasteiger partial charge in [0, 0.05) is 44.3 Å². The molecule has 3 aromatic rings. The summed E-state index contributed by atoms with van der Waals surface area (Å²) < 4.78 is 5.14. The lowest BCUT2D eigenvalue weighted by Gasteiger charge is -2.35. The number of nitrogens with two attached hydrogens (primary N) is 1. The molecule has 3 heterocycles. The topological polar surface area (TPSA) is 126 Å². The molecule has 2 aromatic heterocycles. The molecule has 0 atom stereocenters. The zero-order valence-corrected chi connectivity index (χ0v) is 19.4. The van der Waals surface area contributed by atoms with Crippen molar-refractivity contribution in [3.63, 3.8) is 0 Å². The molecule has 1 saturated heterocycles. The van der Waals surface area contributed by atoms with Gasteiger partial charge in [0.05, 0.1) is 25.1 Å². The molecular weight excluding hydrogens is 446 g/mol. The first-order valence-corrected chi connectivity index (χ1v) is 11.1. The van der Waals surface area contributed by atoms with Gasteiger partial charge in [-0.25, -0.2) is 14.8 Å². The third kappa shape index (κ3) is 4.61. The van der Waals surface area contributed by atoms with Gasteiger partial charge in [0.1, 0.15) is 16.4 Å². The lowest BCUT2D eigenvalue weighted by molar-refractivity contribution is -0.0752. The molecule has 0 bridgehead atoms. The highest BCUT2D eigenvalue weighted by molar-refractivity contribution is 7.13. The summed E-state index contributed by atoms with van der Waals surface area (Å²) in [6, 6.07) is 6.98. The monoisotopic (exact) mass is 471 g/mol. The zero-order chi connectivity index (χ0) is 23.5. The van der Waals surface area contributed by atoms with E-state index in [4.69, 9.17) is 15.3 Å². The molecule has 0 radical (unpaired) electrons. The molecule has 174 valence electrons. The van der Waals surface area contributed by atoms with E-state index in [1.54, 1.807) is 48.7 Å². The van der Waals surface area contributed by atoms with Gasteiger partial charge in [0.25, 0.3) is 5.91 Å². The fraction of sp³-hybridized carbons (Fsp3) is 0.333. The maximum absolute atomic E-state index is 12.8. The molecule has 1 aliphatic rings. The first-order valence-electron chi connectivity index (χ1n) is 10.2. The third-order valence-corrected chi connectivity index (χ3v) is 6.37. The molecule has 1 fully saturated rings. The van der Waals surface area contributed by atoms with Gasteiger partial charge < -0.3 is 25.6 Å². The Morgan fingerprint density at radius 2 is 1.82 bits per heavy atom. The van der Waals surface area contributed by atoms with Crippen LogP contribution in [0.3, 0.4) is 0 Å². The summed E-state index contributed by atoms with van der Waals surface area (Å²) >= 11 is 1.27. The van der Waals surface area contributed by atoms with Crippen LogP contribution in [0.1, 0.15) is 9.67 Å². The summed E-state index contributed by atoms with van der Waals surface area (Å²) in [5.41, 5.74) is 7.24. The van der Waals surface area contributed by atoms with Crippen LogP contribution in [0.2, 0.25) is 0 Å². The molecule has 33 heavy (non-hydrogen) atoms. The molecule has 1 aliphatic heterocycles. The third-order valence-electron chi connectivity index (χ3n) is 5.41. The van der Waals surface area contributed by atoms with E-state index in [0.717, 1.165) is 10.8 Å². The van der Waals surface area contributed by atoms with Gasteiger partial charge in [-0.1, -0.05) is 0 Å². The zero-order valence-electron chi connectivity index (χ0n) is 18.6. The highest BCUT2D eigenvalue weighted by Crippen LogP contribution is 2.34. The van der Waals surface area contributed by atoms with Crippen molar-refractivity contribution in [2.45, 2.75) is 0 Å². The number of anilines is 3. The molecule has 0 unspecified atom stereocenters. The Balaban J connectivity index is 1.50. The molecule has 0 spiro atoms. The number of nitrogens with zero attached hydrogens (tertiary/aromatic N) is 5. The highest BCUT2D eigenvalue weighted by Gasteiger charge is 2.27. The van der Waals surface area contributed by atoms with Gasteiger partial charge >= 0.3 is 6.03 Å². The Labute approximate surface area is 194 Å². The van der Waals surface area contributed by atoms with Gasteiger partial charge in [-0.3, -0.25) is 9.63 Å². The van der Waals surface area contributed by atoms with E-state index in [1.807, 2.05) is 4.90 Å². The van der Waals surface area contributed by atoms with E-state index >= 15 is 0 Å². The number of hydrogen-bond acceptors (Lipinski definition) is 9. The van der Waals surface area contributed by atoms with Crippen LogP contribution in [0.15, 0.2) is 29.6 Å². The lowest BCUT2D eigenvalue weighted by Crippen LogP contribution is -2.50. The Morgan fingerprint density at radius 1 is 1.12 bits per heavy atom. The summed E-state index contributed by atoms with van der Waals surface area (Å²) in [7, 11) is 4.57. The molecule has 0 saturated carbocycles. The number of carbonyl (C=O) groups is 2. The predicted molar refractivity (Wildman–Crippen MR) is 127 cm³/mol. The Kier molecular flexibility index (Phi) is 6.47. The predicted octanol–water partition coefficient (Wildman–Crippen LogP) is 2.27. The Morgan fingerprint density at radius 3 is 2.45 bits per heavy atom. The first-order chi connectivity index (χ1) is 15.9. The van der Waals surface area contributed by atoms with E-state index in [2.05, 4.69) is 15.3 Å². The second-order valence-electron chi connectivity index (χ2n) is 7.35. The fourth-order valence-electron chi connectivity index (χ4n) is 3.57. The number of piperazine rings is 1. The summed E-state index contributed by atoms with van der Waals surface area (Å²) in [6.07, 6.45) is 0. The standard InChI is InChI=1S/C21H25N7O4S/c1-26(32-3)19(29)17-16-15(12-33-17)24-20(22)25-18(16)27-8-10-28(11-9-27)21(30)23-13-4-6-14(31-2)7-5-13/h4-7,12H,8-11H2,1-3H3,(H2,22,24)(H,23,30). The molecule has 1 aromatic carbocycles. The van der Waals surface area contributed by atoms with E-state index in [-0.39, 0.29) is 17.9 Å². The van der Waals surface area contributed by atoms with Crippen LogP contribution in [0.25, 0.3) is 10.9 Å². The largest absolute Gasteiger partial charge is 0.497 e. The van der Waals surface area contributed by atoms with E-state index in [9.17, 15) is 9.59 Å². The van der Waals surface area contributed by atoms with E-state index in [0.29, 0.717) is 53.5 Å². The molecular formula is C21H25N7O4S. The van der Waals surface area contributed by atoms with Gasteiger partial charge in [0.15, 0.2) is 0 Å². The number of thiophene rings is 1. The van der Waals surface area contributed by atoms with Gasteiger partial charge in [-0.2, -0.15) is 4.98 Å². The highest BCUT2D eigenvalue weighted by atomic mass is 32.1. The number of methoxy groups -OCH3 is 1. The minimum atomic E-state index is -0.287. The van der Waals surface area contributed by atoms with Crippen molar-refractivity contribution in [3.05, 3.63) is 34.5 Å². The molecule has 12 heteroatoms. The van der Waals surface area contributed by atoms with Crippen molar-refractivity contribution in [2.75, 3.05) is 63.4 Å². The smallest absolute Gasteiger partial charge is 0.321 e. The van der Waals surface area contributed by atoms with Crippen molar-refractivity contribution in [2.24, 2.45) is 0 Å². The summed E-state index contributed by atoms with van der Waals surface area (Å²) in [4.78, 5) is 43.5. The number of nitrogen functional groups attached to an aromatic ring is 1. The molecule has 4 rings (SSSR count). The van der Waals surface area contributed by atoms with Gasteiger partial charge in [-0.15, -0.1) is 11.3 Å². The van der Waals surface area contributed by atoms with Crippen LogP contribution in [-0.4, -0.2) is 79.3 Å². The average Bonchev–Trinajstić information content (AvgIpc) is 3.26. The van der Waals surface area contributed by atoms with E-state index < -0.39 is 0 Å². The quantitative estimate of drug-likeness (QED) is 0.543. The summed E-state index contributed by atoms with van der Waals surface area (Å²) in [5.74, 6) is 1.15. The maximum atomic E-state index is 12.8. The Hall–Kier alpha value is -3.64. The van der Waals surface area contributed by atoms with Crippen molar-refractivity contribution in [3.8, 4) is 5.75 Å². The number of hydrogen-bond donors (Lipinski definition) is 2. The molecule has 11 nitrogen and oxygen atoms in total. The number of carbonyl (C=O) groups excluding carboxylic acids is 2. The van der Waals surface area contributed by atoms with Crippen LogP contribution >= 0.6 is 11.3 Å². The Bertz CT molecular complexity index is 1160. The minimum absolute atomic E-state index is 0.133.